The van der Waals surface area contributed by atoms with Crippen molar-refractivity contribution in [2.75, 3.05) is 7.05 Å². The Morgan fingerprint density at radius 2 is 2.00 bits per heavy atom. The molecule has 2 aromatic rings. The zero-order valence-electron chi connectivity index (χ0n) is 11.0. The molecular formula is C15H15FN2O2. The van der Waals surface area contributed by atoms with Crippen molar-refractivity contribution in [2.24, 2.45) is 5.73 Å². The van der Waals surface area contributed by atoms with Crippen LogP contribution in [0.3, 0.4) is 0 Å². The third-order valence-electron chi connectivity index (χ3n) is 2.76. The second kappa shape index (κ2) is 6.16. The van der Waals surface area contributed by atoms with Gasteiger partial charge in [-0.2, -0.15) is 0 Å². The summed E-state index contributed by atoms with van der Waals surface area (Å²) < 4.78 is 19.0. The van der Waals surface area contributed by atoms with E-state index in [-0.39, 0.29) is 11.4 Å². The highest BCUT2D eigenvalue weighted by molar-refractivity contribution is 5.95. The molecular weight excluding hydrogens is 259 g/mol. The zero-order valence-corrected chi connectivity index (χ0v) is 11.0. The Labute approximate surface area is 116 Å². The first-order valence-electron chi connectivity index (χ1n) is 6.11. The SMILES string of the molecule is CNCc1cc(F)ccc1Oc1ccccc1C(N)=O. The predicted molar refractivity (Wildman–Crippen MR) is 74.2 cm³/mol. The molecule has 1 amide bonds. The van der Waals surface area contributed by atoms with Gasteiger partial charge in [-0.15, -0.1) is 0 Å². The molecule has 4 nitrogen and oxygen atoms in total. The van der Waals surface area contributed by atoms with Crippen LogP contribution >= 0.6 is 0 Å². The lowest BCUT2D eigenvalue weighted by Crippen LogP contribution is -2.12. The van der Waals surface area contributed by atoms with E-state index in [1.807, 2.05) is 0 Å². The first kappa shape index (κ1) is 14.0. The minimum absolute atomic E-state index is 0.284. The van der Waals surface area contributed by atoms with Crippen LogP contribution in [0.15, 0.2) is 42.5 Å². The Hall–Kier alpha value is -2.40. The van der Waals surface area contributed by atoms with E-state index in [4.69, 9.17) is 10.5 Å². The molecule has 0 heterocycles. The number of carbonyl (C=O) groups excluding carboxylic acids is 1. The molecule has 104 valence electrons. The van der Waals surface area contributed by atoms with E-state index in [2.05, 4.69) is 5.32 Å². The van der Waals surface area contributed by atoms with Gasteiger partial charge in [0.05, 0.1) is 5.56 Å². The first-order chi connectivity index (χ1) is 9.61. The number of carbonyl (C=O) groups is 1. The first-order valence-corrected chi connectivity index (χ1v) is 6.11. The number of amides is 1. The molecule has 0 aromatic heterocycles. The molecule has 0 atom stereocenters. The maximum absolute atomic E-state index is 13.3. The topological polar surface area (TPSA) is 64.3 Å². The van der Waals surface area contributed by atoms with Crippen LogP contribution in [0.1, 0.15) is 15.9 Å². The van der Waals surface area contributed by atoms with Crippen LogP contribution in [0.5, 0.6) is 11.5 Å². The number of para-hydroxylation sites is 1. The molecule has 0 aliphatic rings. The minimum Gasteiger partial charge on any atom is -0.456 e. The zero-order chi connectivity index (χ0) is 14.5. The lowest BCUT2D eigenvalue weighted by molar-refractivity contribution is 0.0998. The Morgan fingerprint density at radius 3 is 2.70 bits per heavy atom. The highest BCUT2D eigenvalue weighted by Gasteiger charge is 2.12. The summed E-state index contributed by atoms with van der Waals surface area (Å²) in [5.41, 5.74) is 6.24. The monoisotopic (exact) mass is 274 g/mol. The number of benzene rings is 2. The van der Waals surface area contributed by atoms with E-state index in [0.717, 1.165) is 0 Å². The number of hydrogen-bond donors (Lipinski definition) is 2. The van der Waals surface area contributed by atoms with Crippen LogP contribution in [0.25, 0.3) is 0 Å². The van der Waals surface area contributed by atoms with Gasteiger partial charge in [-0.25, -0.2) is 4.39 Å². The van der Waals surface area contributed by atoms with Crippen molar-refractivity contribution in [3.63, 3.8) is 0 Å². The normalized spacial score (nSPS) is 10.3. The van der Waals surface area contributed by atoms with Crippen molar-refractivity contribution in [3.05, 3.63) is 59.4 Å². The van der Waals surface area contributed by atoms with Gasteiger partial charge in [0.2, 0.25) is 0 Å². The van der Waals surface area contributed by atoms with Gasteiger partial charge in [0.1, 0.15) is 17.3 Å². The molecule has 2 aromatic carbocycles. The molecule has 0 bridgehead atoms. The van der Waals surface area contributed by atoms with Crippen molar-refractivity contribution in [2.45, 2.75) is 6.54 Å². The quantitative estimate of drug-likeness (QED) is 0.880. The van der Waals surface area contributed by atoms with Gasteiger partial charge < -0.3 is 15.8 Å². The predicted octanol–water partition coefficient (Wildman–Crippen LogP) is 2.44. The fourth-order valence-electron chi connectivity index (χ4n) is 1.85. The summed E-state index contributed by atoms with van der Waals surface area (Å²) in [6.45, 7) is 0.450. The van der Waals surface area contributed by atoms with Gasteiger partial charge >= 0.3 is 0 Å². The lowest BCUT2D eigenvalue weighted by Gasteiger charge is -2.13. The molecule has 0 spiro atoms. The number of primary amides is 1. The van der Waals surface area contributed by atoms with E-state index in [9.17, 15) is 9.18 Å². The van der Waals surface area contributed by atoms with Crippen LogP contribution in [-0.2, 0) is 6.54 Å². The fourth-order valence-corrected chi connectivity index (χ4v) is 1.85. The lowest BCUT2D eigenvalue weighted by atomic mass is 10.1. The average molecular weight is 274 g/mol. The highest BCUT2D eigenvalue weighted by atomic mass is 19.1. The van der Waals surface area contributed by atoms with E-state index in [0.29, 0.717) is 23.6 Å². The third kappa shape index (κ3) is 3.13. The van der Waals surface area contributed by atoms with E-state index < -0.39 is 5.91 Å². The summed E-state index contributed by atoms with van der Waals surface area (Å²) >= 11 is 0. The summed E-state index contributed by atoms with van der Waals surface area (Å²) in [5, 5.41) is 2.94. The third-order valence-corrected chi connectivity index (χ3v) is 2.76. The second-order valence-corrected chi connectivity index (χ2v) is 4.24. The maximum Gasteiger partial charge on any atom is 0.252 e. The van der Waals surface area contributed by atoms with Crippen LogP contribution in [-0.4, -0.2) is 13.0 Å². The van der Waals surface area contributed by atoms with Crippen LogP contribution < -0.4 is 15.8 Å². The Morgan fingerprint density at radius 1 is 1.25 bits per heavy atom. The van der Waals surface area contributed by atoms with Crippen molar-refractivity contribution in [1.29, 1.82) is 0 Å². The van der Waals surface area contributed by atoms with Gasteiger partial charge in [-0.3, -0.25) is 4.79 Å². The smallest absolute Gasteiger partial charge is 0.252 e. The minimum atomic E-state index is -0.571. The molecule has 0 unspecified atom stereocenters. The Balaban J connectivity index is 2.37. The summed E-state index contributed by atoms with van der Waals surface area (Å²) in [4.78, 5) is 11.3. The van der Waals surface area contributed by atoms with Crippen molar-refractivity contribution < 1.29 is 13.9 Å². The number of rotatable bonds is 5. The van der Waals surface area contributed by atoms with Crippen molar-refractivity contribution in [1.82, 2.24) is 5.32 Å². The van der Waals surface area contributed by atoms with E-state index in [1.54, 1.807) is 31.3 Å². The van der Waals surface area contributed by atoms with Gasteiger partial charge in [-0.1, -0.05) is 12.1 Å². The molecule has 3 N–H and O–H groups in total. The highest BCUT2D eigenvalue weighted by Crippen LogP contribution is 2.28. The summed E-state index contributed by atoms with van der Waals surface area (Å²) in [5.74, 6) is -0.0814. The number of nitrogens with one attached hydrogen (secondary N) is 1. The molecule has 0 radical (unpaired) electrons. The van der Waals surface area contributed by atoms with E-state index in [1.165, 1.54) is 18.2 Å². The summed E-state index contributed by atoms with van der Waals surface area (Å²) in [6, 6.07) is 10.9. The van der Waals surface area contributed by atoms with Crippen LogP contribution in [0.2, 0.25) is 0 Å². The molecule has 0 aliphatic heterocycles. The number of halogens is 1. The summed E-state index contributed by atoms with van der Waals surface area (Å²) in [6.07, 6.45) is 0. The number of hydrogen-bond acceptors (Lipinski definition) is 3. The van der Waals surface area contributed by atoms with Crippen LogP contribution in [0.4, 0.5) is 4.39 Å². The number of nitrogens with two attached hydrogens (primary N) is 1. The molecule has 0 aliphatic carbocycles. The second-order valence-electron chi connectivity index (χ2n) is 4.24. The number of ether oxygens (including phenoxy) is 1. The Bertz CT molecular complexity index is 629. The largest absolute Gasteiger partial charge is 0.456 e. The maximum atomic E-state index is 13.3. The molecule has 0 saturated heterocycles. The Kier molecular flexibility index (Phi) is 4.32. The van der Waals surface area contributed by atoms with Gasteiger partial charge in [-0.05, 0) is 37.4 Å². The standard InChI is InChI=1S/C15H15FN2O2/c1-18-9-10-8-11(16)6-7-13(10)20-14-5-3-2-4-12(14)15(17)19/h2-8,18H,9H2,1H3,(H2,17,19). The molecule has 20 heavy (non-hydrogen) atoms. The van der Waals surface area contributed by atoms with Crippen molar-refractivity contribution in [3.8, 4) is 11.5 Å². The molecule has 2 rings (SSSR count). The van der Waals surface area contributed by atoms with Crippen LogP contribution in [0, 0.1) is 5.82 Å². The molecule has 5 heteroatoms. The van der Waals surface area contributed by atoms with Crippen molar-refractivity contribution >= 4 is 5.91 Å². The molecule has 0 fully saturated rings. The fraction of sp³-hybridized carbons (Fsp3) is 0.133. The molecule has 0 saturated carbocycles. The van der Waals surface area contributed by atoms with E-state index >= 15 is 0 Å². The summed E-state index contributed by atoms with van der Waals surface area (Å²) in [7, 11) is 1.76. The van der Waals surface area contributed by atoms with Gasteiger partial charge in [0.25, 0.3) is 5.91 Å². The average Bonchev–Trinajstić information content (AvgIpc) is 2.42. The van der Waals surface area contributed by atoms with Gasteiger partial charge in [0.15, 0.2) is 0 Å². The van der Waals surface area contributed by atoms with Gasteiger partial charge in [0, 0.05) is 12.1 Å².